The van der Waals surface area contributed by atoms with Gasteiger partial charge in [-0.15, -0.1) is 0 Å². The van der Waals surface area contributed by atoms with Gasteiger partial charge in [0.25, 0.3) is 0 Å². The topological polar surface area (TPSA) is 37.8 Å². The first kappa shape index (κ1) is 15.0. The number of hydrogen-bond acceptors (Lipinski definition) is 3. The van der Waals surface area contributed by atoms with E-state index in [1.54, 1.807) is 0 Å². The standard InChI is InChI=1S/C16H20BrN3/c1-5-13-14(17)16(18-6-2)20-15(19-13)12-9-7-8-10(3)11(12)4/h7-9H,5-6H2,1-4H3,(H,18,19,20). The molecule has 0 aliphatic carbocycles. The zero-order chi connectivity index (χ0) is 14.7. The summed E-state index contributed by atoms with van der Waals surface area (Å²) in [5.41, 5.74) is 4.63. The lowest BCUT2D eigenvalue weighted by Gasteiger charge is -2.13. The molecule has 1 heterocycles. The molecular formula is C16H20BrN3. The third kappa shape index (κ3) is 2.85. The SMILES string of the molecule is CCNc1nc(-c2cccc(C)c2C)nc(CC)c1Br. The van der Waals surface area contributed by atoms with Crippen LogP contribution in [0.5, 0.6) is 0 Å². The highest BCUT2D eigenvalue weighted by molar-refractivity contribution is 9.10. The summed E-state index contributed by atoms with van der Waals surface area (Å²) in [6.45, 7) is 9.25. The van der Waals surface area contributed by atoms with E-state index >= 15 is 0 Å². The number of aromatic nitrogens is 2. The normalized spacial score (nSPS) is 10.7. The van der Waals surface area contributed by atoms with E-state index in [0.717, 1.165) is 40.3 Å². The molecule has 0 aliphatic rings. The summed E-state index contributed by atoms with van der Waals surface area (Å²) in [7, 11) is 0. The number of anilines is 1. The second-order valence-corrected chi connectivity index (χ2v) is 5.58. The number of nitrogens with zero attached hydrogens (tertiary/aromatic N) is 2. The maximum Gasteiger partial charge on any atom is 0.162 e. The van der Waals surface area contributed by atoms with Gasteiger partial charge in [0.15, 0.2) is 5.82 Å². The van der Waals surface area contributed by atoms with E-state index in [4.69, 9.17) is 4.98 Å². The maximum atomic E-state index is 4.71. The monoisotopic (exact) mass is 333 g/mol. The van der Waals surface area contributed by atoms with Crippen molar-refractivity contribution in [3.8, 4) is 11.4 Å². The number of nitrogens with one attached hydrogen (secondary N) is 1. The molecule has 0 aliphatic heterocycles. The molecule has 0 saturated heterocycles. The molecule has 0 spiro atoms. The molecule has 0 atom stereocenters. The Morgan fingerprint density at radius 1 is 1.15 bits per heavy atom. The predicted molar refractivity (Wildman–Crippen MR) is 88.2 cm³/mol. The van der Waals surface area contributed by atoms with Gasteiger partial charge in [-0.3, -0.25) is 0 Å². The van der Waals surface area contributed by atoms with Crippen molar-refractivity contribution in [3.63, 3.8) is 0 Å². The van der Waals surface area contributed by atoms with Crippen molar-refractivity contribution >= 4 is 21.7 Å². The summed E-state index contributed by atoms with van der Waals surface area (Å²) in [5.74, 6) is 1.66. The van der Waals surface area contributed by atoms with E-state index < -0.39 is 0 Å². The molecule has 3 nitrogen and oxygen atoms in total. The van der Waals surface area contributed by atoms with Gasteiger partial charge in [0.05, 0.1) is 10.2 Å². The van der Waals surface area contributed by atoms with Crippen LogP contribution in [0.1, 0.15) is 30.7 Å². The Hall–Kier alpha value is -1.42. The van der Waals surface area contributed by atoms with E-state index in [0.29, 0.717) is 0 Å². The minimum absolute atomic E-state index is 0.794. The van der Waals surface area contributed by atoms with Gasteiger partial charge in [-0.25, -0.2) is 9.97 Å². The van der Waals surface area contributed by atoms with Crippen LogP contribution >= 0.6 is 15.9 Å². The van der Waals surface area contributed by atoms with E-state index in [-0.39, 0.29) is 0 Å². The molecule has 0 bridgehead atoms. The first-order chi connectivity index (χ1) is 9.58. The van der Waals surface area contributed by atoms with Crippen molar-refractivity contribution in [2.45, 2.75) is 34.1 Å². The fourth-order valence-corrected chi connectivity index (χ4v) is 2.72. The third-order valence-corrected chi connectivity index (χ3v) is 4.28. The van der Waals surface area contributed by atoms with Crippen molar-refractivity contribution < 1.29 is 0 Å². The average Bonchev–Trinajstić information content (AvgIpc) is 2.44. The Morgan fingerprint density at radius 3 is 2.55 bits per heavy atom. The molecule has 1 N–H and O–H groups in total. The van der Waals surface area contributed by atoms with E-state index in [9.17, 15) is 0 Å². The molecule has 1 aromatic heterocycles. The molecule has 0 unspecified atom stereocenters. The number of hydrogen-bond donors (Lipinski definition) is 1. The van der Waals surface area contributed by atoms with Crippen molar-refractivity contribution in [3.05, 3.63) is 39.5 Å². The van der Waals surface area contributed by atoms with Gasteiger partial charge in [-0.2, -0.15) is 0 Å². The van der Waals surface area contributed by atoms with Gasteiger partial charge in [0.2, 0.25) is 0 Å². The highest BCUT2D eigenvalue weighted by atomic mass is 79.9. The van der Waals surface area contributed by atoms with Gasteiger partial charge in [-0.1, -0.05) is 25.1 Å². The van der Waals surface area contributed by atoms with Crippen molar-refractivity contribution in [1.29, 1.82) is 0 Å². The van der Waals surface area contributed by atoms with Crippen molar-refractivity contribution in [1.82, 2.24) is 9.97 Å². The predicted octanol–water partition coefficient (Wildman–Crippen LogP) is 4.52. The van der Waals surface area contributed by atoms with Crippen LogP contribution in [-0.2, 0) is 6.42 Å². The van der Waals surface area contributed by atoms with E-state index in [1.807, 2.05) is 0 Å². The number of aryl methyl sites for hydroxylation is 2. The van der Waals surface area contributed by atoms with Gasteiger partial charge >= 0.3 is 0 Å². The van der Waals surface area contributed by atoms with Crippen LogP contribution in [0.2, 0.25) is 0 Å². The lowest BCUT2D eigenvalue weighted by molar-refractivity contribution is 0.982. The minimum Gasteiger partial charge on any atom is -0.369 e. The van der Waals surface area contributed by atoms with Crippen LogP contribution in [0.4, 0.5) is 5.82 Å². The molecule has 0 fully saturated rings. The molecule has 4 heteroatoms. The highest BCUT2D eigenvalue weighted by Gasteiger charge is 2.13. The van der Waals surface area contributed by atoms with Crippen LogP contribution in [0, 0.1) is 13.8 Å². The van der Waals surface area contributed by atoms with Gasteiger partial charge in [0, 0.05) is 12.1 Å². The summed E-state index contributed by atoms with van der Waals surface area (Å²) in [5, 5.41) is 3.30. The lowest BCUT2D eigenvalue weighted by Crippen LogP contribution is -2.06. The zero-order valence-electron chi connectivity index (χ0n) is 12.4. The molecule has 0 radical (unpaired) electrons. The van der Waals surface area contributed by atoms with Gasteiger partial charge in [0.1, 0.15) is 5.82 Å². The molecule has 2 rings (SSSR count). The average molecular weight is 334 g/mol. The Labute approximate surface area is 129 Å². The van der Waals surface area contributed by atoms with Crippen molar-refractivity contribution in [2.75, 3.05) is 11.9 Å². The van der Waals surface area contributed by atoms with Crippen LogP contribution in [0.25, 0.3) is 11.4 Å². The number of rotatable bonds is 4. The van der Waals surface area contributed by atoms with Gasteiger partial charge < -0.3 is 5.32 Å². The number of halogens is 1. The quantitative estimate of drug-likeness (QED) is 0.893. The Bertz CT molecular complexity index is 623. The van der Waals surface area contributed by atoms with Crippen LogP contribution in [0.15, 0.2) is 22.7 Å². The fraction of sp³-hybridized carbons (Fsp3) is 0.375. The largest absolute Gasteiger partial charge is 0.369 e. The Kier molecular flexibility index (Phi) is 4.76. The second-order valence-electron chi connectivity index (χ2n) is 4.79. The smallest absolute Gasteiger partial charge is 0.162 e. The molecule has 2 aromatic rings. The van der Waals surface area contributed by atoms with Crippen LogP contribution in [-0.4, -0.2) is 16.5 Å². The first-order valence-corrected chi connectivity index (χ1v) is 7.74. The fourth-order valence-electron chi connectivity index (χ4n) is 2.13. The number of benzene rings is 1. The second kappa shape index (κ2) is 6.35. The zero-order valence-corrected chi connectivity index (χ0v) is 14.0. The van der Waals surface area contributed by atoms with E-state index in [1.165, 1.54) is 11.1 Å². The van der Waals surface area contributed by atoms with Crippen LogP contribution in [0.3, 0.4) is 0 Å². The maximum absolute atomic E-state index is 4.71. The summed E-state index contributed by atoms with van der Waals surface area (Å²) in [6.07, 6.45) is 0.874. The molecule has 0 amide bonds. The molecular weight excluding hydrogens is 314 g/mol. The Morgan fingerprint density at radius 2 is 1.90 bits per heavy atom. The van der Waals surface area contributed by atoms with E-state index in [2.05, 4.69) is 72.1 Å². The molecule has 20 heavy (non-hydrogen) atoms. The summed E-state index contributed by atoms with van der Waals surface area (Å²) in [6, 6.07) is 6.26. The van der Waals surface area contributed by atoms with Gasteiger partial charge in [-0.05, 0) is 54.2 Å². The molecule has 0 saturated carbocycles. The highest BCUT2D eigenvalue weighted by Crippen LogP contribution is 2.29. The summed E-state index contributed by atoms with van der Waals surface area (Å²) in [4.78, 5) is 9.38. The summed E-state index contributed by atoms with van der Waals surface area (Å²) < 4.78 is 0.968. The minimum atomic E-state index is 0.794. The molecule has 1 aromatic carbocycles. The molecule has 106 valence electrons. The van der Waals surface area contributed by atoms with Crippen molar-refractivity contribution in [2.24, 2.45) is 0 Å². The first-order valence-electron chi connectivity index (χ1n) is 6.95. The van der Waals surface area contributed by atoms with Crippen LogP contribution < -0.4 is 5.32 Å². The lowest BCUT2D eigenvalue weighted by atomic mass is 10.0. The summed E-state index contributed by atoms with van der Waals surface area (Å²) >= 11 is 3.59. The Balaban J connectivity index is 2.62. The third-order valence-electron chi connectivity index (χ3n) is 3.44.